The maximum Gasteiger partial charge on any atom is 0.306 e. The molecule has 374 valence electrons. The van der Waals surface area contributed by atoms with Gasteiger partial charge in [-0.25, -0.2) is 0 Å². The van der Waals surface area contributed by atoms with E-state index < -0.39 is 6.10 Å². The first-order chi connectivity index (χ1) is 32.0. The molecule has 0 spiro atoms. The highest BCUT2D eigenvalue weighted by Crippen LogP contribution is 2.15. The molecular weight excluding hydrogens is 805 g/mol. The van der Waals surface area contributed by atoms with E-state index in [2.05, 4.69) is 93.7 Å². The minimum atomic E-state index is -0.787. The lowest BCUT2D eigenvalue weighted by molar-refractivity contribution is -0.167. The van der Waals surface area contributed by atoms with E-state index in [-0.39, 0.29) is 31.1 Å². The first-order valence-electron chi connectivity index (χ1n) is 27.4. The van der Waals surface area contributed by atoms with Gasteiger partial charge in [0.15, 0.2) is 6.10 Å². The van der Waals surface area contributed by atoms with Crippen LogP contribution in [-0.4, -0.2) is 37.2 Å². The smallest absolute Gasteiger partial charge is 0.306 e. The van der Waals surface area contributed by atoms with Gasteiger partial charge in [0.05, 0.1) is 0 Å². The summed E-state index contributed by atoms with van der Waals surface area (Å²) in [5.41, 5.74) is 0. The van der Waals surface area contributed by atoms with Crippen molar-refractivity contribution in [2.75, 3.05) is 13.2 Å². The normalized spacial score (nSPS) is 12.6. The molecule has 0 saturated carbocycles. The summed E-state index contributed by atoms with van der Waals surface area (Å²) in [7, 11) is 0. The fourth-order valence-corrected chi connectivity index (χ4v) is 7.61. The molecule has 1 atom stereocenters. The number of allylic oxidation sites excluding steroid dienone is 12. The maximum absolute atomic E-state index is 12.8. The van der Waals surface area contributed by atoms with E-state index in [1.54, 1.807) is 0 Å². The first kappa shape index (κ1) is 61.9. The second kappa shape index (κ2) is 53.5. The van der Waals surface area contributed by atoms with E-state index in [0.717, 1.165) is 122 Å². The van der Waals surface area contributed by atoms with Gasteiger partial charge in [0.2, 0.25) is 0 Å². The molecule has 0 bridgehead atoms. The molecule has 0 aromatic carbocycles. The van der Waals surface area contributed by atoms with E-state index in [4.69, 9.17) is 14.2 Å². The van der Waals surface area contributed by atoms with Crippen LogP contribution in [0.4, 0.5) is 0 Å². The molecule has 0 N–H and O–H groups in total. The van der Waals surface area contributed by atoms with Gasteiger partial charge in [-0.05, 0) is 103 Å². The number of hydrogen-bond donors (Lipinski definition) is 0. The lowest BCUT2D eigenvalue weighted by Crippen LogP contribution is -2.30. The summed E-state index contributed by atoms with van der Waals surface area (Å²) < 4.78 is 16.8. The topological polar surface area (TPSA) is 78.9 Å². The standard InChI is InChI=1S/C59H102O6/c1-4-7-10-13-16-19-22-25-27-29-30-31-33-34-37-40-43-46-49-52-58(61)64-55-56(54-63-57(60)51-48-45-42-39-36-24-21-18-15-12-9-6-3)65-59(62)53-50-47-44-41-38-35-32-28-26-23-20-17-14-11-8-5-2/h7,9-10,12,16,18-19,21,25,27-28,32,56H,4-6,8,11,13-15,17,20,22-24,26,29-31,33-55H2,1-3H3/b10-7-,12-9-,19-16-,21-18-,27-25-,32-28-. The average Bonchev–Trinajstić information content (AvgIpc) is 3.30. The zero-order chi connectivity index (χ0) is 47.2. The number of ether oxygens (including phenoxy) is 3. The lowest BCUT2D eigenvalue weighted by Gasteiger charge is -2.18. The molecule has 0 heterocycles. The van der Waals surface area contributed by atoms with Crippen molar-refractivity contribution in [3.05, 3.63) is 72.9 Å². The monoisotopic (exact) mass is 907 g/mol. The van der Waals surface area contributed by atoms with E-state index in [1.165, 1.54) is 103 Å². The van der Waals surface area contributed by atoms with Gasteiger partial charge in [0.25, 0.3) is 0 Å². The third-order valence-corrected chi connectivity index (χ3v) is 11.7. The first-order valence-corrected chi connectivity index (χ1v) is 27.4. The Balaban J connectivity index is 4.37. The summed E-state index contributed by atoms with van der Waals surface area (Å²) >= 11 is 0. The predicted molar refractivity (Wildman–Crippen MR) is 279 cm³/mol. The van der Waals surface area contributed by atoms with Crippen LogP contribution in [-0.2, 0) is 28.6 Å². The molecule has 0 aromatic heterocycles. The van der Waals surface area contributed by atoms with Crippen molar-refractivity contribution < 1.29 is 28.6 Å². The second-order valence-corrected chi connectivity index (χ2v) is 18.1. The molecule has 0 rings (SSSR count). The Kier molecular flexibility index (Phi) is 50.9. The fourth-order valence-electron chi connectivity index (χ4n) is 7.61. The number of carbonyl (C=O) groups excluding carboxylic acids is 3. The van der Waals surface area contributed by atoms with Gasteiger partial charge < -0.3 is 14.2 Å². The van der Waals surface area contributed by atoms with Crippen molar-refractivity contribution in [3.8, 4) is 0 Å². The second-order valence-electron chi connectivity index (χ2n) is 18.1. The van der Waals surface area contributed by atoms with Gasteiger partial charge in [-0.1, -0.05) is 216 Å². The Bertz CT molecular complexity index is 1230. The Hall–Kier alpha value is -3.15. The molecule has 0 aliphatic rings. The van der Waals surface area contributed by atoms with Crippen molar-refractivity contribution in [1.82, 2.24) is 0 Å². The highest BCUT2D eigenvalue weighted by atomic mass is 16.6. The Labute approximate surface area is 402 Å². The Morgan fingerprint density at radius 1 is 0.323 bits per heavy atom. The molecular formula is C59H102O6. The van der Waals surface area contributed by atoms with Crippen LogP contribution in [0.3, 0.4) is 0 Å². The summed E-state index contributed by atoms with van der Waals surface area (Å²) in [6, 6.07) is 0. The molecule has 6 nitrogen and oxygen atoms in total. The van der Waals surface area contributed by atoms with Crippen molar-refractivity contribution in [2.24, 2.45) is 0 Å². The average molecular weight is 907 g/mol. The summed E-state index contributed by atoms with van der Waals surface area (Å²) in [5.74, 6) is -0.910. The molecule has 1 unspecified atom stereocenters. The van der Waals surface area contributed by atoms with Crippen molar-refractivity contribution >= 4 is 17.9 Å². The highest BCUT2D eigenvalue weighted by molar-refractivity contribution is 5.71. The number of carbonyl (C=O) groups is 3. The lowest BCUT2D eigenvalue weighted by atomic mass is 10.1. The Morgan fingerprint density at radius 3 is 0.954 bits per heavy atom. The summed E-state index contributed by atoms with van der Waals surface area (Å²) in [6.45, 7) is 6.41. The van der Waals surface area contributed by atoms with Gasteiger partial charge >= 0.3 is 17.9 Å². The van der Waals surface area contributed by atoms with Crippen molar-refractivity contribution in [3.63, 3.8) is 0 Å². The molecule has 0 radical (unpaired) electrons. The van der Waals surface area contributed by atoms with Gasteiger partial charge in [-0.2, -0.15) is 0 Å². The van der Waals surface area contributed by atoms with E-state index in [9.17, 15) is 14.4 Å². The van der Waals surface area contributed by atoms with E-state index in [0.29, 0.717) is 19.3 Å². The highest BCUT2D eigenvalue weighted by Gasteiger charge is 2.19. The zero-order valence-electron chi connectivity index (χ0n) is 42.7. The van der Waals surface area contributed by atoms with Crippen LogP contribution >= 0.6 is 0 Å². The van der Waals surface area contributed by atoms with Crippen LogP contribution in [0.15, 0.2) is 72.9 Å². The van der Waals surface area contributed by atoms with Crippen LogP contribution < -0.4 is 0 Å². The number of hydrogen-bond acceptors (Lipinski definition) is 6. The predicted octanol–water partition coefficient (Wildman–Crippen LogP) is 18.2. The minimum absolute atomic E-state index is 0.0859. The third-order valence-electron chi connectivity index (χ3n) is 11.7. The maximum atomic E-state index is 12.8. The summed E-state index contributed by atoms with van der Waals surface area (Å²) in [6.07, 6.45) is 67.5. The molecule has 0 saturated heterocycles. The molecule has 0 aliphatic heterocycles. The molecule has 6 heteroatoms. The number of unbranched alkanes of at least 4 members (excludes halogenated alkanes) is 26. The SMILES string of the molecule is CC/C=C\C/C=C\C/C=C\CCCCCCCCCCCC(=O)OCC(COC(=O)CCCCCCC/C=C\C/C=C\CC)OC(=O)CCCCCCC/C=C\CCCCCCCCC. The number of rotatable bonds is 49. The van der Waals surface area contributed by atoms with E-state index in [1.807, 2.05) is 0 Å². The quantitative estimate of drug-likeness (QED) is 0.0262. The van der Waals surface area contributed by atoms with Gasteiger partial charge in [-0.3, -0.25) is 14.4 Å². The van der Waals surface area contributed by atoms with Crippen LogP contribution in [0, 0.1) is 0 Å². The fraction of sp³-hybridized carbons (Fsp3) is 0.746. The molecule has 65 heavy (non-hydrogen) atoms. The number of esters is 3. The molecule has 0 fully saturated rings. The van der Waals surface area contributed by atoms with Gasteiger partial charge in [0, 0.05) is 19.3 Å². The third kappa shape index (κ3) is 51.7. The summed E-state index contributed by atoms with van der Waals surface area (Å²) in [5, 5.41) is 0. The van der Waals surface area contributed by atoms with Crippen LogP contribution in [0.1, 0.15) is 265 Å². The van der Waals surface area contributed by atoms with Crippen LogP contribution in [0.25, 0.3) is 0 Å². The van der Waals surface area contributed by atoms with E-state index >= 15 is 0 Å². The van der Waals surface area contributed by atoms with Gasteiger partial charge in [0.1, 0.15) is 13.2 Å². The van der Waals surface area contributed by atoms with Crippen molar-refractivity contribution in [2.45, 2.75) is 271 Å². The van der Waals surface area contributed by atoms with Crippen molar-refractivity contribution in [1.29, 1.82) is 0 Å². The van der Waals surface area contributed by atoms with Crippen LogP contribution in [0.5, 0.6) is 0 Å². The Morgan fingerprint density at radius 2 is 0.600 bits per heavy atom. The largest absolute Gasteiger partial charge is 0.462 e. The summed E-state index contributed by atoms with van der Waals surface area (Å²) in [4.78, 5) is 38.1. The molecule has 0 aliphatic carbocycles. The van der Waals surface area contributed by atoms with Crippen LogP contribution in [0.2, 0.25) is 0 Å². The van der Waals surface area contributed by atoms with Gasteiger partial charge in [-0.15, -0.1) is 0 Å². The zero-order valence-corrected chi connectivity index (χ0v) is 42.7. The minimum Gasteiger partial charge on any atom is -0.462 e. The molecule has 0 amide bonds. The molecule has 0 aromatic rings.